The first-order valence-corrected chi connectivity index (χ1v) is 10.0. The number of nitrogens with one attached hydrogen (secondary N) is 2. The zero-order chi connectivity index (χ0) is 19.3. The third-order valence-corrected chi connectivity index (χ3v) is 4.80. The van der Waals surface area contributed by atoms with E-state index in [1.165, 1.54) is 12.1 Å². The van der Waals surface area contributed by atoms with E-state index in [-0.39, 0.29) is 11.7 Å². The minimum absolute atomic E-state index is 0.0773. The van der Waals surface area contributed by atoms with Crippen LogP contribution >= 0.6 is 0 Å². The van der Waals surface area contributed by atoms with E-state index in [9.17, 15) is 8.42 Å². The summed E-state index contributed by atoms with van der Waals surface area (Å²) in [6.45, 7) is 3.79. The van der Waals surface area contributed by atoms with Gasteiger partial charge >= 0.3 is 0 Å². The first-order valence-electron chi connectivity index (χ1n) is 8.48. The number of hydrogen-bond acceptors (Lipinski definition) is 5. The lowest BCUT2D eigenvalue weighted by molar-refractivity contribution is 0.174. The molecule has 0 spiro atoms. The van der Waals surface area contributed by atoms with Gasteiger partial charge < -0.3 is 20.1 Å². The topological polar surface area (TPSA) is 115 Å². The molecule has 2 aromatic carbocycles. The molecular formula is C18H22N4O4S. The fourth-order valence-corrected chi connectivity index (χ4v) is 3.15. The van der Waals surface area contributed by atoms with Gasteiger partial charge in [0.15, 0.2) is 17.5 Å². The maximum absolute atomic E-state index is 11.5. The number of fused-ring (bicyclic) bond motifs is 1. The minimum Gasteiger partial charge on any atom is -0.454 e. The van der Waals surface area contributed by atoms with Crippen LogP contribution in [0, 0.1) is 0 Å². The molecule has 0 bridgehead atoms. The summed E-state index contributed by atoms with van der Waals surface area (Å²) in [5, 5.41) is 11.6. The normalized spacial score (nSPS) is 13.5. The van der Waals surface area contributed by atoms with Crippen LogP contribution in [0.1, 0.15) is 18.1 Å². The fourth-order valence-electron chi connectivity index (χ4n) is 2.57. The monoisotopic (exact) mass is 390 g/mol. The molecular weight excluding hydrogens is 368 g/mol. The molecule has 1 aliphatic heterocycles. The van der Waals surface area contributed by atoms with Crippen LogP contribution in [0.15, 0.2) is 52.4 Å². The number of primary sulfonamides is 1. The SMILES string of the molecule is CCNC(=NCc1cccc(S(N)(=O)=O)c1)NCc1ccc2c(c1)OCO2. The molecule has 0 amide bonds. The van der Waals surface area contributed by atoms with Gasteiger partial charge in [-0.3, -0.25) is 0 Å². The van der Waals surface area contributed by atoms with E-state index in [2.05, 4.69) is 15.6 Å². The molecule has 0 saturated heterocycles. The smallest absolute Gasteiger partial charge is 0.238 e. The van der Waals surface area contributed by atoms with Crippen molar-refractivity contribution in [2.75, 3.05) is 13.3 Å². The Hall–Kier alpha value is -2.78. The van der Waals surface area contributed by atoms with Gasteiger partial charge in [-0.05, 0) is 42.3 Å². The second-order valence-electron chi connectivity index (χ2n) is 5.93. The Morgan fingerprint density at radius 2 is 1.93 bits per heavy atom. The van der Waals surface area contributed by atoms with Gasteiger partial charge in [-0.2, -0.15) is 0 Å². The molecule has 0 aromatic heterocycles. The number of ether oxygens (including phenoxy) is 2. The largest absolute Gasteiger partial charge is 0.454 e. The Morgan fingerprint density at radius 3 is 2.70 bits per heavy atom. The van der Waals surface area contributed by atoms with Crippen LogP contribution in [0.25, 0.3) is 0 Å². The van der Waals surface area contributed by atoms with Crippen LogP contribution in [0.3, 0.4) is 0 Å². The van der Waals surface area contributed by atoms with E-state index in [1.807, 2.05) is 25.1 Å². The molecule has 2 aromatic rings. The molecule has 8 nitrogen and oxygen atoms in total. The van der Waals surface area contributed by atoms with Gasteiger partial charge in [0.25, 0.3) is 0 Å². The van der Waals surface area contributed by atoms with E-state index in [1.54, 1.807) is 12.1 Å². The average molecular weight is 390 g/mol. The Morgan fingerprint density at radius 1 is 1.11 bits per heavy atom. The van der Waals surface area contributed by atoms with Gasteiger partial charge in [-0.1, -0.05) is 18.2 Å². The van der Waals surface area contributed by atoms with Gasteiger partial charge in [0.2, 0.25) is 16.8 Å². The Balaban J connectivity index is 1.66. The van der Waals surface area contributed by atoms with Gasteiger partial charge in [0.1, 0.15) is 0 Å². The highest BCUT2D eigenvalue weighted by molar-refractivity contribution is 7.89. The zero-order valence-electron chi connectivity index (χ0n) is 14.9. The van der Waals surface area contributed by atoms with Crippen LogP contribution in [0.5, 0.6) is 11.5 Å². The molecule has 4 N–H and O–H groups in total. The second kappa shape index (κ2) is 8.28. The quantitative estimate of drug-likeness (QED) is 0.506. The second-order valence-corrected chi connectivity index (χ2v) is 7.49. The van der Waals surface area contributed by atoms with E-state index >= 15 is 0 Å². The zero-order valence-corrected chi connectivity index (χ0v) is 15.8. The van der Waals surface area contributed by atoms with Crippen LogP contribution < -0.4 is 25.2 Å². The third-order valence-electron chi connectivity index (χ3n) is 3.89. The minimum atomic E-state index is -3.73. The van der Waals surface area contributed by atoms with E-state index < -0.39 is 10.0 Å². The number of rotatable bonds is 6. The van der Waals surface area contributed by atoms with Crippen molar-refractivity contribution in [3.8, 4) is 11.5 Å². The van der Waals surface area contributed by atoms with Gasteiger partial charge in [0, 0.05) is 13.1 Å². The van der Waals surface area contributed by atoms with Crippen molar-refractivity contribution in [3.05, 3.63) is 53.6 Å². The molecule has 0 unspecified atom stereocenters. The molecule has 0 atom stereocenters. The first-order chi connectivity index (χ1) is 13.0. The number of benzene rings is 2. The van der Waals surface area contributed by atoms with Crippen molar-refractivity contribution in [1.29, 1.82) is 0 Å². The predicted octanol–water partition coefficient (Wildman–Crippen LogP) is 1.32. The molecule has 144 valence electrons. The fraction of sp³-hybridized carbons (Fsp3) is 0.278. The summed E-state index contributed by atoms with van der Waals surface area (Å²) in [6, 6.07) is 12.2. The van der Waals surface area contributed by atoms with E-state index in [4.69, 9.17) is 14.6 Å². The molecule has 0 radical (unpaired) electrons. The number of hydrogen-bond donors (Lipinski definition) is 3. The lowest BCUT2D eigenvalue weighted by Crippen LogP contribution is -2.36. The average Bonchev–Trinajstić information content (AvgIpc) is 3.11. The molecule has 1 aliphatic rings. The van der Waals surface area contributed by atoms with Crippen LogP contribution in [0.2, 0.25) is 0 Å². The predicted molar refractivity (Wildman–Crippen MR) is 102 cm³/mol. The summed E-state index contributed by atoms with van der Waals surface area (Å²) < 4.78 is 33.6. The van der Waals surface area contributed by atoms with E-state index in [0.717, 1.165) is 22.6 Å². The van der Waals surface area contributed by atoms with Crippen molar-refractivity contribution < 1.29 is 17.9 Å². The number of guanidine groups is 1. The maximum atomic E-state index is 11.5. The van der Waals surface area contributed by atoms with Crippen LogP contribution in [0.4, 0.5) is 0 Å². The van der Waals surface area contributed by atoms with Gasteiger partial charge in [0.05, 0.1) is 11.4 Å². The number of aliphatic imine (C=N–C) groups is 1. The molecule has 0 saturated carbocycles. The van der Waals surface area contributed by atoms with Crippen molar-refractivity contribution in [2.45, 2.75) is 24.9 Å². The highest BCUT2D eigenvalue weighted by Crippen LogP contribution is 2.32. The maximum Gasteiger partial charge on any atom is 0.238 e. The lowest BCUT2D eigenvalue weighted by atomic mass is 10.2. The van der Waals surface area contributed by atoms with Crippen molar-refractivity contribution in [1.82, 2.24) is 10.6 Å². The molecule has 0 aliphatic carbocycles. The van der Waals surface area contributed by atoms with Crippen LogP contribution in [-0.4, -0.2) is 27.7 Å². The highest BCUT2D eigenvalue weighted by Gasteiger charge is 2.13. The van der Waals surface area contributed by atoms with Crippen molar-refractivity contribution in [3.63, 3.8) is 0 Å². The lowest BCUT2D eigenvalue weighted by Gasteiger charge is -2.12. The highest BCUT2D eigenvalue weighted by atomic mass is 32.2. The number of nitrogens with two attached hydrogens (primary N) is 1. The molecule has 3 rings (SSSR count). The summed E-state index contributed by atoms with van der Waals surface area (Å²) >= 11 is 0. The number of nitrogens with zero attached hydrogens (tertiary/aromatic N) is 1. The summed E-state index contributed by atoms with van der Waals surface area (Å²) in [5.74, 6) is 2.10. The molecule has 9 heteroatoms. The van der Waals surface area contributed by atoms with Crippen molar-refractivity contribution >= 4 is 16.0 Å². The number of sulfonamides is 1. The Labute approximate surface area is 158 Å². The standard InChI is InChI=1S/C18H22N4O4S/c1-2-20-18(21-10-13-4-3-5-15(8-13)27(19,23)24)22-11-14-6-7-16-17(9-14)26-12-25-16/h3-9H,2,10-12H2,1H3,(H2,19,23,24)(H2,20,21,22). The summed E-state index contributed by atoms with van der Waals surface area (Å²) in [4.78, 5) is 4.57. The Kier molecular flexibility index (Phi) is 5.82. The third kappa shape index (κ3) is 5.11. The molecule has 1 heterocycles. The van der Waals surface area contributed by atoms with Crippen molar-refractivity contribution in [2.24, 2.45) is 10.1 Å². The van der Waals surface area contributed by atoms with Gasteiger partial charge in [-0.25, -0.2) is 18.5 Å². The summed E-state index contributed by atoms with van der Waals surface area (Å²) in [6.07, 6.45) is 0. The van der Waals surface area contributed by atoms with E-state index in [0.29, 0.717) is 25.6 Å². The summed E-state index contributed by atoms with van der Waals surface area (Å²) in [5.41, 5.74) is 1.78. The van der Waals surface area contributed by atoms with Crippen LogP contribution in [-0.2, 0) is 23.1 Å². The first kappa shape index (κ1) is 19.0. The molecule has 0 fully saturated rings. The Bertz CT molecular complexity index is 944. The molecule has 27 heavy (non-hydrogen) atoms. The van der Waals surface area contributed by atoms with Gasteiger partial charge in [-0.15, -0.1) is 0 Å². The summed E-state index contributed by atoms with van der Waals surface area (Å²) in [7, 11) is -3.73.